The third-order valence-corrected chi connectivity index (χ3v) is 6.65. The number of amides is 1. The molecule has 1 aliphatic rings. The van der Waals surface area contributed by atoms with Gasteiger partial charge in [0, 0.05) is 31.7 Å². The number of fused-ring (bicyclic) bond motifs is 1. The van der Waals surface area contributed by atoms with Gasteiger partial charge in [-0.25, -0.2) is 4.98 Å². The van der Waals surface area contributed by atoms with Crippen molar-refractivity contribution in [2.75, 3.05) is 40.5 Å². The van der Waals surface area contributed by atoms with Crippen molar-refractivity contribution in [1.82, 2.24) is 19.3 Å². The highest BCUT2D eigenvalue weighted by molar-refractivity contribution is 5.93. The second-order valence-corrected chi connectivity index (χ2v) is 9.14. The van der Waals surface area contributed by atoms with Gasteiger partial charge in [-0.1, -0.05) is 12.0 Å². The highest BCUT2D eigenvalue weighted by atomic mass is 19.1. The molecular weight excluding hydrogens is 515 g/mol. The Hall–Kier alpha value is -4.62. The SMILES string of the molecule is CC#CC(=O)N1CC[C@@H](c2nc(-c3ccc(Oc4cccc(OC)c4F)cc3)c3cncc(OCCOC)n23)C1. The summed E-state index contributed by atoms with van der Waals surface area (Å²) in [5.74, 6) is 6.48. The monoisotopic (exact) mass is 544 g/mol. The van der Waals surface area contributed by atoms with Crippen LogP contribution < -0.4 is 14.2 Å². The summed E-state index contributed by atoms with van der Waals surface area (Å²) >= 11 is 0. The Bertz CT molecular complexity index is 1580. The van der Waals surface area contributed by atoms with Crippen LogP contribution in [-0.4, -0.2) is 65.7 Å². The number of rotatable bonds is 9. The first kappa shape index (κ1) is 27.0. The molecule has 0 aliphatic carbocycles. The van der Waals surface area contributed by atoms with E-state index in [4.69, 9.17) is 23.9 Å². The molecule has 0 unspecified atom stereocenters. The number of carbonyl (C=O) groups is 1. The lowest BCUT2D eigenvalue weighted by atomic mass is 10.1. The normalized spacial score (nSPS) is 14.6. The lowest BCUT2D eigenvalue weighted by Crippen LogP contribution is -2.27. The van der Waals surface area contributed by atoms with Gasteiger partial charge in [0.05, 0.1) is 37.3 Å². The molecule has 2 aromatic heterocycles. The van der Waals surface area contributed by atoms with Gasteiger partial charge in [-0.2, -0.15) is 4.39 Å². The summed E-state index contributed by atoms with van der Waals surface area (Å²) in [6.07, 6.45) is 4.14. The van der Waals surface area contributed by atoms with Crippen LogP contribution >= 0.6 is 0 Å². The van der Waals surface area contributed by atoms with Crippen molar-refractivity contribution in [3.05, 3.63) is 66.5 Å². The number of methoxy groups -OCH3 is 2. The van der Waals surface area contributed by atoms with E-state index >= 15 is 0 Å². The predicted octanol–water partition coefficient (Wildman–Crippen LogP) is 4.70. The van der Waals surface area contributed by atoms with Gasteiger partial charge in [-0.15, -0.1) is 0 Å². The number of imidazole rings is 1. The van der Waals surface area contributed by atoms with Crippen LogP contribution in [0.15, 0.2) is 54.9 Å². The molecule has 1 saturated heterocycles. The molecule has 0 N–H and O–H groups in total. The molecule has 1 amide bonds. The van der Waals surface area contributed by atoms with Crippen LogP contribution in [0.25, 0.3) is 16.8 Å². The molecule has 1 aliphatic heterocycles. The molecule has 0 spiro atoms. The molecule has 1 atom stereocenters. The molecule has 0 radical (unpaired) electrons. The van der Waals surface area contributed by atoms with Crippen molar-refractivity contribution in [2.45, 2.75) is 19.3 Å². The maximum atomic E-state index is 14.6. The Morgan fingerprint density at radius 2 is 1.90 bits per heavy atom. The molecule has 40 heavy (non-hydrogen) atoms. The van der Waals surface area contributed by atoms with Crippen molar-refractivity contribution in [2.24, 2.45) is 0 Å². The summed E-state index contributed by atoms with van der Waals surface area (Å²) in [7, 11) is 3.02. The highest BCUT2D eigenvalue weighted by Crippen LogP contribution is 2.36. The van der Waals surface area contributed by atoms with Crippen LogP contribution in [0.2, 0.25) is 0 Å². The quantitative estimate of drug-likeness (QED) is 0.223. The second-order valence-electron chi connectivity index (χ2n) is 9.14. The van der Waals surface area contributed by atoms with Gasteiger partial charge in [0.1, 0.15) is 18.2 Å². The fraction of sp³-hybridized carbons (Fsp3) is 0.300. The van der Waals surface area contributed by atoms with Gasteiger partial charge in [-0.3, -0.25) is 14.2 Å². The number of halogens is 1. The third-order valence-electron chi connectivity index (χ3n) is 6.65. The molecule has 3 heterocycles. The van der Waals surface area contributed by atoms with Crippen LogP contribution in [0, 0.1) is 17.7 Å². The lowest BCUT2D eigenvalue weighted by molar-refractivity contribution is -0.124. The largest absolute Gasteiger partial charge is 0.494 e. The minimum Gasteiger partial charge on any atom is -0.494 e. The summed E-state index contributed by atoms with van der Waals surface area (Å²) in [6.45, 7) is 3.52. The average Bonchev–Trinajstić information content (AvgIpc) is 3.61. The van der Waals surface area contributed by atoms with E-state index in [9.17, 15) is 9.18 Å². The number of carbonyl (C=O) groups excluding carboxylic acids is 1. The molecule has 2 aromatic carbocycles. The van der Waals surface area contributed by atoms with Gasteiger partial charge in [0.25, 0.3) is 5.91 Å². The molecule has 1 fully saturated rings. The topological polar surface area (TPSA) is 87.4 Å². The van der Waals surface area contributed by atoms with Crippen LogP contribution in [0.3, 0.4) is 0 Å². The molecular formula is C30H29FN4O5. The summed E-state index contributed by atoms with van der Waals surface area (Å²) in [6, 6.07) is 12.0. The molecule has 0 bridgehead atoms. The Morgan fingerprint density at radius 1 is 1.10 bits per heavy atom. The van der Waals surface area contributed by atoms with E-state index < -0.39 is 5.82 Å². The second kappa shape index (κ2) is 12.1. The van der Waals surface area contributed by atoms with E-state index in [1.165, 1.54) is 13.2 Å². The van der Waals surface area contributed by atoms with E-state index in [0.29, 0.717) is 43.6 Å². The standard InChI is InChI=1S/C30H29FN4O5/c1-4-6-26(36)34-14-13-21(19-34)30-33-29(23-17-32-18-27(35(23)30)39-16-15-37-2)20-9-11-22(12-10-20)40-25-8-5-7-24(38-3)28(25)31/h5,7-12,17-18,21H,13-16,19H2,1-3H3/t21-/m1/s1. The van der Waals surface area contributed by atoms with E-state index in [1.807, 2.05) is 16.5 Å². The first-order valence-corrected chi connectivity index (χ1v) is 12.8. The number of benzene rings is 2. The van der Waals surface area contributed by atoms with Gasteiger partial charge in [0.15, 0.2) is 11.5 Å². The molecule has 206 valence electrons. The number of aromatic nitrogens is 3. The molecule has 9 nitrogen and oxygen atoms in total. The fourth-order valence-corrected chi connectivity index (χ4v) is 4.73. The zero-order valence-corrected chi connectivity index (χ0v) is 22.5. The van der Waals surface area contributed by atoms with E-state index in [0.717, 1.165) is 23.3 Å². The zero-order chi connectivity index (χ0) is 28.1. The van der Waals surface area contributed by atoms with Crippen LogP contribution in [-0.2, 0) is 9.53 Å². The Morgan fingerprint density at radius 3 is 2.65 bits per heavy atom. The van der Waals surface area contributed by atoms with Crippen LogP contribution in [0.1, 0.15) is 25.1 Å². The van der Waals surface area contributed by atoms with Crippen molar-refractivity contribution in [3.63, 3.8) is 0 Å². The smallest absolute Gasteiger partial charge is 0.298 e. The molecule has 4 aromatic rings. The highest BCUT2D eigenvalue weighted by Gasteiger charge is 2.31. The van der Waals surface area contributed by atoms with Gasteiger partial charge in [-0.05, 0) is 55.7 Å². The number of hydrogen-bond donors (Lipinski definition) is 0. The average molecular weight is 545 g/mol. The third kappa shape index (κ3) is 5.42. The number of nitrogens with zero attached hydrogens (tertiary/aromatic N) is 4. The Kier molecular flexibility index (Phi) is 8.12. The summed E-state index contributed by atoms with van der Waals surface area (Å²) < 4.78 is 38.5. The van der Waals surface area contributed by atoms with Crippen molar-refractivity contribution in [1.29, 1.82) is 0 Å². The minimum atomic E-state index is -0.570. The van der Waals surface area contributed by atoms with E-state index in [2.05, 4.69) is 16.8 Å². The summed E-state index contributed by atoms with van der Waals surface area (Å²) in [4.78, 5) is 23.6. The summed E-state index contributed by atoms with van der Waals surface area (Å²) in [5.41, 5.74) is 2.29. The fourth-order valence-electron chi connectivity index (χ4n) is 4.73. The summed E-state index contributed by atoms with van der Waals surface area (Å²) in [5, 5.41) is 0. The Balaban J connectivity index is 1.49. The first-order valence-electron chi connectivity index (χ1n) is 12.8. The van der Waals surface area contributed by atoms with E-state index in [1.54, 1.807) is 55.6 Å². The number of hydrogen-bond acceptors (Lipinski definition) is 7. The van der Waals surface area contributed by atoms with Gasteiger partial charge in [0.2, 0.25) is 11.7 Å². The van der Waals surface area contributed by atoms with E-state index in [-0.39, 0.29) is 23.3 Å². The van der Waals surface area contributed by atoms with Crippen LogP contribution in [0.4, 0.5) is 4.39 Å². The maximum Gasteiger partial charge on any atom is 0.298 e. The number of ether oxygens (including phenoxy) is 4. The van der Waals surface area contributed by atoms with Crippen molar-refractivity contribution in [3.8, 4) is 46.2 Å². The van der Waals surface area contributed by atoms with Crippen LogP contribution in [0.5, 0.6) is 23.1 Å². The predicted molar refractivity (Wildman–Crippen MR) is 146 cm³/mol. The number of likely N-dealkylation sites (tertiary alicyclic amines) is 1. The molecule has 10 heteroatoms. The Labute approximate surface area is 231 Å². The molecule has 5 rings (SSSR count). The van der Waals surface area contributed by atoms with Crippen molar-refractivity contribution < 1.29 is 28.1 Å². The lowest BCUT2D eigenvalue weighted by Gasteiger charge is -2.14. The molecule has 0 saturated carbocycles. The maximum absolute atomic E-state index is 14.6. The first-order chi connectivity index (χ1) is 19.5. The minimum absolute atomic E-state index is 0.0188. The van der Waals surface area contributed by atoms with Gasteiger partial charge >= 0.3 is 0 Å². The zero-order valence-electron chi connectivity index (χ0n) is 22.5. The van der Waals surface area contributed by atoms with Crippen molar-refractivity contribution >= 4 is 11.4 Å². The van der Waals surface area contributed by atoms with Gasteiger partial charge < -0.3 is 23.8 Å².